The van der Waals surface area contributed by atoms with Crippen LogP contribution in [-0.4, -0.2) is 45.4 Å². The molecule has 0 spiro atoms. The second-order valence-electron chi connectivity index (χ2n) is 6.54. The number of nitrogens with zero attached hydrogens (tertiary/aromatic N) is 4. The number of fused-ring (bicyclic) bond motifs is 1. The number of aromatic nitrogens is 3. The zero-order valence-corrected chi connectivity index (χ0v) is 17.0. The van der Waals surface area contributed by atoms with Gasteiger partial charge in [0.05, 0.1) is 36.4 Å². The number of amides is 1. The number of hydrogen-bond acceptors (Lipinski definition) is 8. The lowest BCUT2D eigenvalue weighted by Crippen LogP contribution is -2.32. The molecule has 4 rings (SSSR count). The van der Waals surface area contributed by atoms with Crippen LogP contribution >= 0.6 is 11.8 Å². The first-order valence-corrected chi connectivity index (χ1v) is 9.92. The van der Waals surface area contributed by atoms with E-state index in [9.17, 15) is 4.79 Å². The van der Waals surface area contributed by atoms with Gasteiger partial charge in [-0.05, 0) is 38.1 Å². The van der Waals surface area contributed by atoms with Crippen molar-refractivity contribution in [1.29, 1.82) is 0 Å². The lowest BCUT2D eigenvalue weighted by atomic mass is 10.1. The number of anilines is 1. The van der Waals surface area contributed by atoms with E-state index in [-0.39, 0.29) is 5.91 Å². The minimum Gasteiger partial charge on any atom is -0.495 e. The standard InChI is InChI=1S/C19H20N6O3S/c1-10(20)18(26)21-14-8-12(4-5-16(14)27-3)15-9-29-19-23-22-17(25(19)24-15)13-6-7-28-11(13)2/h4-8,10H,9,20H2,1-3H3,(H,21,26)/t10-/m0/s1. The van der Waals surface area contributed by atoms with Crippen LogP contribution in [0.25, 0.3) is 11.4 Å². The first kappa shape index (κ1) is 19.2. The molecular weight excluding hydrogens is 392 g/mol. The molecule has 10 heteroatoms. The van der Waals surface area contributed by atoms with Crippen LogP contribution in [0.3, 0.4) is 0 Å². The van der Waals surface area contributed by atoms with E-state index < -0.39 is 6.04 Å². The molecule has 0 unspecified atom stereocenters. The number of benzene rings is 1. The molecule has 0 aliphatic carbocycles. The van der Waals surface area contributed by atoms with Crippen molar-refractivity contribution in [3.8, 4) is 17.1 Å². The third kappa shape index (κ3) is 3.64. The molecule has 0 bridgehead atoms. The number of hydrogen-bond donors (Lipinski definition) is 2. The number of methoxy groups -OCH3 is 1. The summed E-state index contributed by atoms with van der Waals surface area (Å²) in [6.07, 6.45) is 1.61. The molecule has 3 N–H and O–H groups in total. The minimum absolute atomic E-state index is 0.292. The summed E-state index contributed by atoms with van der Waals surface area (Å²) in [5, 5.41) is 16.8. The van der Waals surface area contributed by atoms with Gasteiger partial charge < -0.3 is 20.2 Å². The second-order valence-corrected chi connectivity index (χ2v) is 7.48. The fourth-order valence-electron chi connectivity index (χ4n) is 2.89. The maximum Gasteiger partial charge on any atom is 0.241 e. The molecule has 3 heterocycles. The molecule has 1 aromatic carbocycles. The van der Waals surface area contributed by atoms with Gasteiger partial charge in [-0.3, -0.25) is 4.79 Å². The number of furan rings is 1. The fraction of sp³-hybridized carbons (Fsp3) is 0.263. The Morgan fingerprint density at radius 1 is 1.38 bits per heavy atom. The Kier molecular flexibility index (Phi) is 5.12. The van der Waals surface area contributed by atoms with Gasteiger partial charge in [-0.2, -0.15) is 9.78 Å². The van der Waals surface area contributed by atoms with E-state index in [1.165, 1.54) is 11.8 Å². The highest BCUT2D eigenvalue weighted by atomic mass is 32.2. The minimum atomic E-state index is -0.633. The van der Waals surface area contributed by atoms with Crippen LogP contribution < -0.4 is 15.8 Å². The van der Waals surface area contributed by atoms with Crippen molar-refractivity contribution >= 4 is 29.1 Å². The van der Waals surface area contributed by atoms with Gasteiger partial charge in [0.25, 0.3) is 0 Å². The Morgan fingerprint density at radius 3 is 2.90 bits per heavy atom. The van der Waals surface area contributed by atoms with Crippen LogP contribution in [0.1, 0.15) is 18.2 Å². The molecule has 3 aromatic rings. The van der Waals surface area contributed by atoms with Gasteiger partial charge in [-0.1, -0.05) is 11.8 Å². The number of ether oxygens (including phenoxy) is 1. The zero-order valence-electron chi connectivity index (χ0n) is 16.2. The Labute approximate surface area is 171 Å². The second kappa shape index (κ2) is 7.72. The predicted molar refractivity (Wildman–Crippen MR) is 110 cm³/mol. The molecule has 0 radical (unpaired) electrons. The average molecular weight is 412 g/mol. The summed E-state index contributed by atoms with van der Waals surface area (Å²) >= 11 is 1.54. The molecule has 1 amide bonds. The highest BCUT2D eigenvalue weighted by Crippen LogP contribution is 2.32. The molecule has 1 aliphatic rings. The van der Waals surface area contributed by atoms with Crippen LogP contribution in [-0.2, 0) is 4.79 Å². The van der Waals surface area contributed by atoms with Crippen molar-refractivity contribution in [2.45, 2.75) is 25.0 Å². The summed E-state index contributed by atoms with van der Waals surface area (Å²) in [7, 11) is 1.55. The molecule has 9 nitrogen and oxygen atoms in total. The van der Waals surface area contributed by atoms with Crippen LogP contribution in [0.15, 0.2) is 45.2 Å². The van der Waals surface area contributed by atoms with Crippen LogP contribution in [0.5, 0.6) is 5.75 Å². The number of aryl methyl sites for hydroxylation is 1. The van der Waals surface area contributed by atoms with E-state index in [1.54, 1.807) is 31.0 Å². The number of carbonyl (C=O) groups is 1. The molecule has 0 saturated carbocycles. The molecule has 1 atom stereocenters. The largest absolute Gasteiger partial charge is 0.495 e. The van der Waals surface area contributed by atoms with Crippen molar-refractivity contribution in [3.63, 3.8) is 0 Å². The maximum atomic E-state index is 12.0. The van der Waals surface area contributed by atoms with Crippen LogP contribution in [0.4, 0.5) is 5.69 Å². The summed E-state index contributed by atoms with van der Waals surface area (Å²) in [6.45, 7) is 3.49. The van der Waals surface area contributed by atoms with Crippen molar-refractivity contribution < 1.29 is 13.9 Å². The van der Waals surface area contributed by atoms with Gasteiger partial charge in [0.1, 0.15) is 11.5 Å². The van der Waals surface area contributed by atoms with E-state index in [0.717, 1.165) is 22.6 Å². The molecule has 0 fully saturated rings. The van der Waals surface area contributed by atoms with E-state index in [1.807, 2.05) is 25.1 Å². The monoisotopic (exact) mass is 412 g/mol. The SMILES string of the molecule is COc1ccc(C2=Nn3c(nnc3-c3ccoc3C)SC2)cc1NC(=O)[C@H](C)N. The summed E-state index contributed by atoms with van der Waals surface area (Å²) < 4.78 is 12.5. The molecule has 29 heavy (non-hydrogen) atoms. The molecule has 150 valence electrons. The quantitative estimate of drug-likeness (QED) is 0.660. The smallest absolute Gasteiger partial charge is 0.241 e. The van der Waals surface area contributed by atoms with Gasteiger partial charge in [0.2, 0.25) is 11.1 Å². The first-order valence-electron chi connectivity index (χ1n) is 8.93. The number of nitrogens with one attached hydrogen (secondary N) is 1. The van der Waals surface area contributed by atoms with E-state index in [0.29, 0.717) is 28.2 Å². The third-order valence-corrected chi connectivity index (χ3v) is 5.41. The normalized spacial score (nSPS) is 14.1. The van der Waals surface area contributed by atoms with Gasteiger partial charge in [0, 0.05) is 11.3 Å². The summed E-state index contributed by atoms with van der Waals surface area (Å²) in [5.74, 6) is 2.24. The van der Waals surface area contributed by atoms with Crippen molar-refractivity contribution in [1.82, 2.24) is 14.9 Å². The summed E-state index contributed by atoms with van der Waals surface area (Å²) in [4.78, 5) is 12.0. The Morgan fingerprint density at radius 2 is 2.21 bits per heavy atom. The average Bonchev–Trinajstić information content (AvgIpc) is 3.32. The molecular formula is C19H20N6O3S. The lowest BCUT2D eigenvalue weighted by Gasteiger charge is -2.16. The summed E-state index contributed by atoms with van der Waals surface area (Å²) in [5.41, 5.74) is 8.73. The Balaban J connectivity index is 1.72. The molecule has 2 aromatic heterocycles. The molecule has 0 saturated heterocycles. The highest BCUT2D eigenvalue weighted by molar-refractivity contribution is 7.99. The number of thioether (sulfide) groups is 1. The number of nitrogens with two attached hydrogens (primary N) is 1. The van der Waals surface area contributed by atoms with Crippen molar-refractivity contribution in [2.24, 2.45) is 10.8 Å². The van der Waals surface area contributed by atoms with Crippen LogP contribution in [0, 0.1) is 6.92 Å². The molecule has 1 aliphatic heterocycles. The van der Waals surface area contributed by atoms with Crippen molar-refractivity contribution in [3.05, 3.63) is 41.9 Å². The predicted octanol–water partition coefficient (Wildman–Crippen LogP) is 2.50. The maximum absolute atomic E-state index is 12.0. The van der Waals surface area contributed by atoms with Gasteiger partial charge in [-0.25, -0.2) is 0 Å². The highest BCUT2D eigenvalue weighted by Gasteiger charge is 2.23. The van der Waals surface area contributed by atoms with E-state index in [4.69, 9.17) is 20.0 Å². The number of rotatable bonds is 5. The third-order valence-electron chi connectivity index (χ3n) is 4.47. The van der Waals surface area contributed by atoms with E-state index in [2.05, 4.69) is 15.5 Å². The topological polar surface area (TPSA) is 121 Å². The zero-order chi connectivity index (χ0) is 20.5. The summed E-state index contributed by atoms with van der Waals surface area (Å²) in [6, 6.07) is 6.73. The Hall–Kier alpha value is -3.11. The lowest BCUT2D eigenvalue weighted by molar-refractivity contribution is -0.117. The number of carbonyl (C=O) groups excluding carboxylic acids is 1. The fourth-order valence-corrected chi connectivity index (χ4v) is 3.72. The van der Waals surface area contributed by atoms with E-state index >= 15 is 0 Å². The van der Waals surface area contributed by atoms with Gasteiger partial charge >= 0.3 is 0 Å². The first-order chi connectivity index (χ1) is 14.0. The van der Waals surface area contributed by atoms with Crippen LogP contribution in [0.2, 0.25) is 0 Å². The van der Waals surface area contributed by atoms with Gasteiger partial charge in [-0.15, -0.1) is 10.2 Å². The van der Waals surface area contributed by atoms with Crippen molar-refractivity contribution in [2.75, 3.05) is 18.2 Å². The Bertz CT molecular complexity index is 1100. The van der Waals surface area contributed by atoms with Gasteiger partial charge in [0.15, 0.2) is 5.82 Å².